The van der Waals surface area contributed by atoms with Gasteiger partial charge >= 0.3 is 0 Å². The standard InChI is InChI=1S/C14H18N4O2/c1-9-16-13(15)12(17(9)2)14(19)18(3)10-7-5-6-8-11(10)20-4/h5-8H,15H2,1-4H3. The second-order valence-electron chi connectivity index (χ2n) is 4.49. The number of benzene rings is 1. The number of hydrogen-bond acceptors (Lipinski definition) is 4. The zero-order valence-electron chi connectivity index (χ0n) is 12.0. The van der Waals surface area contributed by atoms with Crippen LogP contribution >= 0.6 is 0 Å². The molecule has 6 heteroatoms. The summed E-state index contributed by atoms with van der Waals surface area (Å²) in [6, 6.07) is 7.32. The first-order valence-corrected chi connectivity index (χ1v) is 6.17. The molecule has 0 spiro atoms. The molecule has 0 atom stereocenters. The van der Waals surface area contributed by atoms with Gasteiger partial charge in [0, 0.05) is 14.1 Å². The molecule has 1 heterocycles. The zero-order chi connectivity index (χ0) is 14.9. The number of ether oxygens (including phenoxy) is 1. The summed E-state index contributed by atoms with van der Waals surface area (Å²) in [6.45, 7) is 1.80. The molecule has 2 aromatic rings. The third-order valence-electron chi connectivity index (χ3n) is 3.30. The van der Waals surface area contributed by atoms with Crippen LogP contribution in [0.5, 0.6) is 5.75 Å². The van der Waals surface area contributed by atoms with Crippen molar-refractivity contribution in [1.29, 1.82) is 0 Å². The quantitative estimate of drug-likeness (QED) is 0.922. The fourth-order valence-electron chi connectivity index (χ4n) is 2.06. The summed E-state index contributed by atoms with van der Waals surface area (Å²) in [4.78, 5) is 18.2. The molecule has 20 heavy (non-hydrogen) atoms. The Labute approximate surface area is 117 Å². The van der Waals surface area contributed by atoms with Gasteiger partial charge in [0.05, 0.1) is 12.8 Å². The van der Waals surface area contributed by atoms with Crippen LogP contribution in [0, 0.1) is 6.92 Å². The van der Waals surface area contributed by atoms with E-state index in [4.69, 9.17) is 10.5 Å². The van der Waals surface area contributed by atoms with E-state index in [1.807, 2.05) is 18.2 Å². The van der Waals surface area contributed by atoms with Crippen LogP contribution < -0.4 is 15.4 Å². The lowest BCUT2D eigenvalue weighted by Crippen LogP contribution is -2.29. The van der Waals surface area contributed by atoms with Crippen molar-refractivity contribution in [3.63, 3.8) is 0 Å². The van der Waals surface area contributed by atoms with Gasteiger partial charge in [0.1, 0.15) is 11.6 Å². The molecule has 0 fully saturated rings. The van der Waals surface area contributed by atoms with Crippen LogP contribution in [-0.2, 0) is 7.05 Å². The van der Waals surface area contributed by atoms with E-state index in [9.17, 15) is 4.79 Å². The van der Waals surface area contributed by atoms with Gasteiger partial charge < -0.3 is 19.9 Å². The highest BCUT2D eigenvalue weighted by atomic mass is 16.5. The number of nitrogens with zero attached hydrogens (tertiary/aromatic N) is 3. The molecule has 6 nitrogen and oxygen atoms in total. The minimum absolute atomic E-state index is 0.227. The highest BCUT2D eigenvalue weighted by Crippen LogP contribution is 2.28. The molecule has 1 aromatic heterocycles. The van der Waals surface area contributed by atoms with Crippen molar-refractivity contribution in [1.82, 2.24) is 9.55 Å². The van der Waals surface area contributed by atoms with E-state index in [0.29, 0.717) is 23.0 Å². The minimum Gasteiger partial charge on any atom is -0.495 e. The summed E-state index contributed by atoms with van der Waals surface area (Å²) in [5.74, 6) is 1.33. The third kappa shape index (κ3) is 2.20. The molecule has 0 radical (unpaired) electrons. The molecule has 0 aliphatic heterocycles. The van der Waals surface area contributed by atoms with Gasteiger partial charge in [0.2, 0.25) is 0 Å². The van der Waals surface area contributed by atoms with E-state index in [2.05, 4.69) is 4.98 Å². The number of imidazole rings is 1. The number of hydrogen-bond donors (Lipinski definition) is 1. The van der Waals surface area contributed by atoms with E-state index in [1.54, 1.807) is 38.8 Å². The van der Waals surface area contributed by atoms with Gasteiger partial charge in [-0.2, -0.15) is 0 Å². The fourth-order valence-corrected chi connectivity index (χ4v) is 2.06. The summed E-state index contributed by atoms with van der Waals surface area (Å²) in [6.07, 6.45) is 0. The largest absolute Gasteiger partial charge is 0.495 e. The van der Waals surface area contributed by atoms with Gasteiger partial charge in [0.15, 0.2) is 11.5 Å². The lowest BCUT2D eigenvalue weighted by Gasteiger charge is -2.20. The van der Waals surface area contributed by atoms with E-state index in [-0.39, 0.29) is 11.7 Å². The van der Waals surface area contributed by atoms with E-state index in [0.717, 1.165) is 0 Å². The van der Waals surface area contributed by atoms with Gasteiger partial charge in [-0.05, 0) is 19.1 Å². The molecule has 0 saturated carbocycles. The predicted octanol–water partition coefficient (Wildman–Crippen LogP) is 1.60. The molecule has 0 saturated heterocycles. The first-order valence-electron chi connectivity index (χ1n) is 6.17. The van der Waals surface area contributed by atoms with Crippen LogP contribution in [0.3, 0.4) is 0 Å². The molecular formula is C14H18N4O2. The van der Waals surface area contributed by atoms with E-state index < -0.39 is 0 Å². The second kappa shape index (κ2) is 5.24. The van der Waals surface area contributed by atoms with Gasteiger partial charge in [-0.3, -0.25) is 4.79 Å². The van der Waals surface area contributed by atoms with Crippen molar-refractivity contribution in [3.8, 4) is 5.75 Å². The van der Waals surface area contributed by atoms with E-state index >= 15 is 0 Å². The first kappa shape index (κ1) is 13.9. The number of methoxy groups -OCH3 is 1. The molecule has 0 unspecified atom stereocenters. The number of carbonyl (C=O) groups excluding carboxylic acids is 1. The summed E-state index contributed by atoms with van der Waals surface area (Å²) < 4.78 is 6.95. The summed E-state index contributed by atoms with van der Waals surface area (Å²) >= 11 is 0. The van der Waals surface area contributed by atoms with Crippen LogP contribution in [-0.4, -0.2) is 29.6 Å². The van der Waals surface area contributed by atoms with E-state index in [1.165, 1.54) is 4.90 Å². The van der Waals surface area contributed by atoms with Crippen LogP contribution in [0.2, 0.25) is 0 Å². The number of para-hydroxylation sites is 2. The number of carbonyl (C=O) groups is 1. The fraction of sp³-hybridized carbons (Fsp3) is 0.286. The van der Waals surface area contributed by atoms with Crippen LogP contribution in [0.15, 0.2) is 24.3 Å². The molecule has 2 rings (SSSR count). The lowest BCUT2D eigenvalue weighted by molar-refractivity contribution is 0.0985. The Balaban J connectivity index is 2.43. The molecule has 0 aliphatic carbocycles. The number of nitrogen functional groups attached to an aromatic ring is 1. The Bertz CT molecular complexity index is 649. The van der Waals surface area contributed by atoms with Crippen molar-refractivity contribution in [2.45, 2.75) is 6.92 Å². The van der Waals surface area contributed by atoms with Crippen molar-refractivity contribution < 1.29 is 9.53 Å². The number of aromatic nitrogens is 2. The van der Waals surface area contributed by atoms with Crippen LogP contribution in [0.25, 0.3) is 0 Å². The maximum absolute atomic E-state index is 12.6. The maximum atomic E-state index is 12.6. The Morgan fingerprint density at radius 1 is 1.40 bits per heavy atom. The Kier molecular flexibility index (Phi) is 3.65. The SMILES string of the molecule is COc1ccccc1N(C)C(=O)c1c(N)nc(C)n1C. The highest BCUT2D eigenvalue weighted by molar-refractivity contribution is 6.08. The second-order valence-corrected chi connectivity index (χ2v) is 4.49. The van der Waals surface area contributed by atoms with Crippen LogP contribution in [0.4, 0.5) is 11.5 Å². The Morgan fingerprint density at radius 3 is 2.60 bits per heavy atom. The zero-order valence-corrected chi connectivity index (χ0v) is 12.0. The minimum atomic E-state index is -0.227. The molecule has 0 aliphatic rings. The smallest absolute Gasteiger partial charge is 0.278 e. The Morgan fingerprint density at radius 2 is 2.05 bits per heavy atom. The topological polar surface area (TPSA) is 73.4 Å². The highest BCUT2D eigenvalue weighted by Gasteiger charge is 2.23. The summed E-state index contributed by atoms with van der Waals surface area (Å²) in [5.41, 5.74) is 6.87. The summed E-state index contributed by atoms with van der Waals surface area (Å²) in [5, 5.41) is 0. The molecule has 2 N–H and O–H groups in total. The number of rotatable bonds is 3. The number of anilines is 2. The van der Waals surface area contributed by atoms with Gasteiger partial charge in [0.25, 0.3) is 5.91 Å². The third-order valence-corrected chi connectivity index (χ3v) is 3.30. The van der Waals surface area contributed by atoms with Crippen molar-refractivity contribution in [2.24, 2.45) is 7.05 Å². The molecule has 1 aromatic carbocycles. The van der Waals surface area contributed by atoms with Crippen LogP contribution in [0.1, 0.15) is 16.3 Å². The molecule has 106 valence electrons. The maximum Gasteiger partial charge on any atom is 0.278 e. The van der Waals surface area contributed by atoms with Crippen molar-refractivity contribution in [2.75, 3.05) is 24.8 Å². The average Bonchev–Trinajstić information content (AvgIpc) is 2.70. The molecule has 0 bridgehead atoms. The van der Waals surface area contributed by atoms with Crippen molar-refractivity contribution >= 4 is 17.4 Å². The summed E-state index contributed by atoms with van der Waals surface area (Å²) in [7, 11) is 5.02. The number of aryl methyl sites for hydroxylation is 1. The average molecular weight is 274 g/mol. The number of nitrogens with two attached hydrogens (primary N) is 1. The normalized spacial score (nSPS) is 10.4. The monoisotopic (exact) mass is 274 g/mol. The number of amides is 1. The lowest BCUT2D eigenvalue weighted by atomic mass is 10.2. The van der Waals surface area contributed by atoms with Crippen molar-refractivity contribution in [3.05, 3.63) is 35.8 Å². The first-order chi connectivity index (χ1) is 9.47. The Hall–Kier alpha value is -2.50. The molecular weight excluding hydrogens is 256 g/mol. The van der Waals surface area contributed by atoms with Gasteiger partial charge in [-0.25, -0.2) is 4.98 Å². The predicted molar refractivity (Wildman–Crippen MR) is 78.1 cm³/mol. The van der Waals surface area contributed by atoms with Gasteiger partial charge in [-0.1, -0.05) is 12.1 Å². The van der Waals surface area contributed by atoms with Gasteiger partial charge in [-0.15, -0.1) is 0 Å². The molecule has 1 amide bonds.